The molecule has 1 aromatic carbocycles. The summed E-state index contributed by atoms with van der Waals surface area (Å²) in [6.45, 7) is 4.27. The zero-order valence-corrected chi connectivity index (χ0v) is 16.1. The van der Waals surface area contributed by atoms with Gasteiger partial charge >= 0.3 is 0 Å². The zero-order valence-electron chi connectivity index (χ0n) is 14.5. The summed E-state index contributed by atoms with van der Waals surface area (Å²) in [5, 5.41) is 14.4. The summed E-state index contributed by atoms with van der Waals surface area (Å²) in [4.78, 5) is 5.81. The number of rotatable bonds is 6. The molecule has 0 N–H and O–H groups in total. The van der Waals surface area contributed by atoms with E-state index in [1.54, 1.807) is 11.3 Å². The Morgan fingerprint density at radius 3 is 2.64 bits per heavy atom. The summed E-state index contributed by atoms with van der Waals surface area (Å²) in [7, 11) is 0. The first-order valence-electron chi connectivity index (χ1n) is 8.42. The van der Waals surface area contributed by atoms with Crippen molar-refractivity contribution in [2.24, 2.45) is 0 Å². The topological polar surface area (TPSA) is 36.7 Å². The number of nitrogens with zero attached hydrogens (tertiary/aromatic N) is 2. The van der Waals surface area contributed by atoms with Crippen LogP contribution in [0.15, 0.2) is 41.1 Å². The quantitative estimate of drug-likeness (QED) is 0.463. The van der Waals surface area contributed by atoms with E-state index in [4.69, 9.17) is 0 Å². The highest BCUT2D eigenvalue weighted by Gasteiger charge is 2.10. The van der Waals surface area contributed by atoms with Crippen molar-refractivity contribution in [3.05, 3.63) is 62.1 Å². The Hall–Kier alpha value is -2.22. The maximum Gasteiger partial charge on any atom is 0.134 e. The molecule has 0 aliphatic heterocycles. The lowest BCUT2D eigenvalue weighted by atomic mass is 10.1. The molecular weight excluding hydrogens is 344 g/mol. The van der Waals surface area contributed by atoms with Crippen LogP contribution in [0.1, 0.15) is 40.8 Å². The summed E-state index contributed by atoms with van der Waals surface area (Å²) < 4.78 is 0. The Balaban J connectivity index is 1.83. The third-order valence-corrected chi connectivity index (χ3v) is 5.94. The van der Waals surface area contributed by atoms with Gasteiger partial charge in [-0.05, 0) is 48.4 Å². The second kappa shape index (κ2) is 8.24. The maximum atomic E-state index is 9.52. The number of thiazole rings is 1. The lowest BCUT2D eigenvalue weighted by molar-refractivity contribution is 0.795. The number of allylic oxidation sites excluding steroid dienone is 1. The van der Waals surface area contributed by atoms with Crippen LogP contribution in [0.5, 0.6) is 0 Å². The highest BCUT2D eigenvalue weighted by Crippen LogP contribution is 2.29. The number of unbranched alkanes of at least 4 members (excludes halogenated alkanes) is 1. The van der Waals surface area contributed by atoms with E-state index in [9.17, 15) is 5.26 Å². The van der Waals surface area contributed by atoms with Crippen molar-refractivity contribution in [3.8, 4) is 17.3 Å². The van der Waals surface area contributed by atoms with Crippen LogP contribution in [0.3, 0.4) is 0 Å². The summed E-state index contributed by atoms with van der Waals surface area (Å²) >= 11 is 3.17. The molecular formula is C21H20N2S2. The second-order valence-electron chi connectivity index (χ2n) is 5.98. The average Bonchev–Trinajstić information content (AvgIpc) is 3.28. The van der Waals surface area contributed by atoms with Crippen LogP contribution in [0, 0.1) is 18.3 Å². The summed E-state index contributed by atoms with van der Waals surface area (Å²) in [5.41, 5.74) is 5.23. The van der Waals surface area contributed by atoms with Gasteiger partial charge in [0, 0.05) is 15.8 Å². The van der Waals surface area contributed by atoms with Gasteiger partial charge in [0.15, 0.2) is 0 Å². The van der Waals surface area contributed by atoms with Gasteiger partial charge in [0.25, 0.3) is 0 Å². The predicted octanol–water partition coefficient (Wildman–Crippen LogP) is 6.59. The largest absolute Gasteiger partial charge is 0.235 e. The summed E-state index contributed by atoms with van der Waals surface area (Å²) in [6, 6.07) is 13.0. The first kappa shape index (κ1) is 17.6. The number of nitriles is 1. The number of benzene rings is 1. The molecule has 2 nitrogen and oxygen atoms in total. The summed E-state index contributed by atoms with van der Waals surface area (Å²) in [5.74, 6) is 0. The second-order valence-corrected chi connectivity index (χ2v) is 7.78. The highest BCUT2D eigenvalue weighted by molar-refractivity contribution is 7.12. The molecule has 0 radical (unpaired) electrons. The van der Waals surface area contributed by atoms with Crippen molar-refractivity contribution in [3.63, 3.8) is 0 Å². The first-order valence-corrected chi connectivity index (χ1v) is 10.2. The Morgan fingerprint density at radius 1 is 1.20 bits per heavy atom. The van der Waals surface area contributed by atoms with E-state index < -0.39 is 0 Å². The summed E-state index contributed by atoms with van der Waals surface area (Å²) in [6.07, 6.45) is 5.50. The molecule has 0 saturated heterocycles. The Bertz CT molecular complexity index is 908. The van der Waals surface area contributed by atoms with E-state index >= 15 is 0 Å². The maximum absolute atomic E-state index is 9.52. The fourth-order valence-electron chi connectivity index (χ4n) is 2.56. The molecule has 126 valence electrons. The molecule has 0 saturated carbocycles. The van der Waals surface area contributed by atoms with E-state index in [0.717, 1.165) is 27.6 Å². The molecule has 25 heavy (non-hydrogen) atoms. The van der Waals surface area contributed by atoms with E-state index in [-0.39, 0.29) is 0 Å². The van der Waals surface area contributed by atoms with Gasteiger partial charge in [0.1, 0.15) is 11.1 Å². The van der Waals surface area contributed by atoms with Crippen molar-refractivity contribution >= 4 is 34.3 Å². The molecule has 0 unspecified atom stereocenters. The first-order chi connectivity index (χ1) is 12.2. The molecule has 2 aromatic heterocycles. The molecule has 2 heterocycles. The number of hydrogen-bond donors (Lipinski definition) is 0. The van der Waals surface area contributed by atoms with Gasteiger partial charge in [-0.25, -0.2) is 4.98 Å². The standard InChI is InChI=1S/C21H20N2S2/c1-3-4-5-16-6-8-17(9-7-16)19-14-25-21(23-19)18(13-22)12-20-15(2)10-11-24-20/h6-12,14H,3-5H2,1-2H3. The van der Waals surface area contributed by atoms with E-state index in [1.165, 1.54) is 35.3 Å². The monoisotopic (exact) mass is 364 g/mol. The molecule has 0 fully saturated rings. The molecule has 0 spiro atoms. The van der Waals surface area contributed by atoms with Gasteiger partial charge in [0.05, 0.1) is 11.3 Å². The molecule has 0 atom stereocenters. The van der Waals surface area contributed by atoms with Crippen LogP contribution >= 0.6 is 22.7 Å². The predicted molar refractivity (Wildman–Crippen MR) is 109 cm³/mol. The molecule has 0 aliphatic carbocycles. The van der Waals surface area contributed by atoms with E-state index in [2.05, 4.69) is 55.2 Å². The lowest BCUT2D eigenvalue weighted by Crippen LogP contribution is -1.86. The van der Waals surface area contributed by atoms with Gasteiger partial charge in [-0.15, -0.1) is 22.7 Å². The average molecular weight is 365 g/mol. The van der Waals surface area contributed by atoms with Crippen molar-refractivity contribution < 1.29 is 0 Å². The van der Waals surface area contributed by atoms with Crippen molar-refractivity contribution in [1.29, 1.82) is 5.26 Å². The number of thiophene rings is 1. The van der Waals surface area contributed by atoms with Crippen molar-refractivity contribution in [2.45, 2.75) is 33.1 Å². The third kappa shape index (κ3) is 4.25. The minimum Gasteiger partial charge on any atom is -0.235 e. The van der Waals surface area contributed by atoms with Crippen LogP contribution in [0.2, 0.25) is 0 Å². The number of aromatic nitrogens is 1. The molecule has 3 rings (SSSR count). The van der Waals surface area contributed by atoms with Crippen LogP contribution in [-0.2, 0) is 6.42 Å². The highest BCUT2D eigenvalue weighted by atomic mass is 32.1. The minimum atomic E-state index is 0.626. The van der Waals surface area contributed by atoms with Crippen LogP contribution < -0.4 is 0 Å². The molecule has 4 heteroatoms. The van der Waals surface area contributed by atoms with Gasteiger partial charge in [-0.1, -0.05) is 37.6 Å². The van der Waals surface area contributed by atoms with Crippen LogP contribution in [0.25, 0.3) is 22.9 Å². The number of aryl methyl sites for hydroxylation is 2. The number of hydrogen-bond acceptors (Lipinski definition) is 4. The van der Waals surface area contributed by atoms with E-state index in [1.807, 2.05) is 16.8 Å². The van der Waals surface area contributed by atoms with Gasteiger partial charge in [-0.3, -0.25) is 0 Å². The zero-order chi connectivity index (χ0) is 17.6. The minimum absolute atomic E-state index is 0.626. The molecule has 0 bridgehead atoms. The fourth-order valence-corrected chi connectivity index (χ4v) is 4.21. The lowest BCUT2D eigenvalue weighted by Gasteiger charge is -2.01. The van der Waals surface area contributed by atoms with Crippen LogP contribution in [0.4, 0.5) is 0 Å². The molecule has 0 aliphatic rings. The van der Waals surface area contributed by atoms with Gasteiger partial charge < -0.3 is 0 Å². The normalized spacial score (nSPS) is 11.5. The smallest absolute Gasteiger partial charge is 0.134 e. The van der Waals surface area contributed by atoms with Crippen molar-refractivity contribution in [1.82, 2.24) is 4.98 Å². The SMILES string of the molecule is CCCCc1ccc(-c2csc(C(C#N)=Cc3sccc3C)n2)cc1. The molecule has 0 amide bonds. The third-order valence-electron chi connectivity index (χ3n) is 4.10. The van der Waals surface area contributed by atoms with E-state index in [0.29, 0.717) is 5.57 Å². The molecule has 3 aromatic rings. The van der Waals surface area contributed by atoms with Gasteiger partial charge in [0.2, 0.25) is 0 Å². The Labute approximate surface area is 157 Å². The van der Waals surface area contributed by atoms with Crippen LogP contribution in [-0.4, -0.2) is 4.98 Å². The van der Waals surface area contributed by atoms with Crippen molar-refractivity contribution in [2.75, 3.05) is 0 Å². The van der Waals surface area contributed by atoms with Gasteiger partial charge in [-0.2, -0.15) is 5.26 Å². The Morgan fingerprint density at radius 2 is 2.00 bits per heavy atom. The fraction of sp³-hybridized carbons (Fsp3) is 0.238. The Kier molecular flexibility index (Phi) is 5.80.